The van der Waals surface area contributed by atoms with Crippen molar-refractivity contribution in [2.75, 3.05) is 11.4 Å². The van der Waals surface area contributed by atoms with E-state index in [1.54, 1.807) is 6.20 Å². The number of carbonyl (C=O) groups is 1. The third-order valence-electron chi connectivity index (χ3n) is 4.70. The number of pyridine rings is 1. The summed E-state index contributed by atoms with van der Waals surface area (Å²) in [5, 5.41) is 2.06. The van der Waals surface area contributed by atoms with Gasteiger partial charge in [-0.2, -0.15) is 0 Å². The van der Waals surface area contributed by atoms with E-state index in [4.69, 9.17) is 0 Å². The van der Waals surface area contributed by atoms with Crippen LogP contribution in [0.25, 0.3) is 21.8 Å². The van der Waals surface area contributed by atoms with Gasteiger partial charge in [0.2, 0.25) is 0 Å². The summed E-state index contributed by atoms with van der Waals surface area (Å²) < 4.78 is 0. The summed E-state index contributed by atoms with van der Waals surface area (Å²) in [4.78, 5) is 22.9. The Morgan fingerprint density at radius 1 is 1.08 bits per heavy atom. The molecule has 0 aliphatic rings. The highest BCUT2D eigenvalue weighted by Gasteiger charge is 2.20. The molecular weight excluding hydrogens is 322 g/mol. The predicted molar refractivity (Wildman–Crippen MR) is 107 cm³/mol. The van der Waals surface area contributed by atoms with E-state index < -0.39 is 0 Å². The number of nitrogens with zero attached hydrogens (tertiary/aromatic N) is 2. The minimum Gasteiger partial charge on any atom is -0.349 e. The van der Waals surface area contributed by atoms with Gasteiger partial charge in [-0.3, -0.25) is 9.78 Å². The minimum absolute atomic E-state index is 0.0126. The number of aromatic amines is 1. The van der Waals surface area contributed by atoms with E-state index in [-0.39, 0.29) is 5.91 Å². The molecule has 0 saturated carbocycles. The van der Waals surface area contributed by atoms with E-state index in [9.17, 15) is 4.79 Å². The van der Waals surface area contributed by atoms with E-state index in [0.717, 1.165) is 39.5 Å². The number of rotatable bonds is 4. The number of aromatic nitrogens is 2. The van der Waals surface area contributed by atoms with E-state index in [1.165, 1.54) is 0 Å². The van der Waals surface area contributed by atoms with Crippen LogP contribution >= 0.6 is 0 Å². The van der Waals surface area contributed by atoms with Crippen molar-refractivity contribution >= 4 is 33.4 Å². The summed E-state index contributed by atoms with van der Waals surface area (Å²) in [5.74, 6) is -0.0126. The number of amides is 1. The maximum Gasteiger partial charge on any atom is 0.274 e. The highest BCUT2D eigenvalue weighted by Crippen LogP contribution is 2.26. The lowest BCUT2D eigenvalue weighted by Gasteiger charge is -2.23. The zero-order valence-electron chi connectivity index (χ0n) is 15.0. The number of aryl methyl sites for hydroxylation is 1. The minimum atomic E-state index is -0.0126. The number of fused-ring (bicyclic) bond motifs is 3. The van der Waals surface area contributed by atoms with Gasteiger partial charge in [0.05, 0.1) is 11.0 Å². The largest absolute Gasteiger partial charge is 0.349 e. The van der Waals surface area contributed by atoms with Crippen molar-refractivity contribution in [3.8, 4) is 0 Å². The van der Waals surface area contributed by atoms with Crippen LogP contribution in [0.5, 0.6) is 0 Å². The summed E-state index contributed by atoms with van der Waals surface area (Å²) in [5.41, 5.74) is 4.45. The number of H-pyrrole nitrogens is 1. The lowest BCUT2D eigenvalue weighted by Crippen LogP contribution is -2.32. The first-order chi connectivity index (χ1) is 12.7. The van der Waals surface area contributed by atoms with Crippen LogP contribution in [0.4, 0.5) is 5.69 Å². The molecular formula is C22H21N3O. The number of para-hydroxylation sites is 1. The van der Waals surface area contributed by atoms with Gasteiger partial charge in [0, 0.05) is 29.2 Å². The molecule has 0 fully saturated rings. The molecule has 4 nitrogen and oxygen atoms in total. The summed E-state index contributed by atoms with van der Waals surface area (Å²) in [7, 11) is 0. The van der Waals surface area contributed by atoms with Gasteiger partial charge < -0.3 is 9.88 Å². The Hall–Kier alpha value is -3.14. The van der Waals surface area contributed by atoms with Crippen molar-refractivity contribution in [2.24, 2.45) is 0 Å². The standard InChI is InChI=1S/C22H21N3O/c1-3-13-25(19-9-5-4-7-15(19)2)22(26)18-14-17-11-10-16-8-6-12-23-20(16)21(17)24-18/h4-12,14,24H,3,13H2,1-2H3. The van der Waals surface area contributed by atoms with Crippen molar-refractivity contribution in [3.05, 3.63) is 72.1 Å². The Balaban J connectivity index is 1.81. The zero-order valence-corrected chi connectivity index (χ0v) is 15.0. The molecule has 1 amide bonds. The van der Waals surface area contributed by atoms with Crippen LogP contribution in [0, 0.1) is 6.92 Å². The second-order valence-corrected chi connectivity index (χ2v) is 6.53. The van der Waals surface area contributed by atoms with Crippen LogP contribution in [0.1, 0.15) is 29.4 Å². The lowest BCUT2D eigenvalue weighted by molar-refractivity contribution is 0.0983. The summed E-state index contributed by atoms with van der Waals surface area (Å²) in [6.45, 7) is 4.80. The highest BCUT2D eigenvalue weighted by molar-refractivity contribution is 6.11. The van der Waals surface area contributed by atoms with Gasteiger partial charge in [-0.25, -0.2) is 0 Å². The molecule has 2 aromatic carbocycles. The maximum absolute atomic E-state index is 13.3. The molecule has 0 bridgehead atoms. The van der Waals surface area contributed by atoms with Crippen molar-refractivity contribution in [1.29, 1.82) is 0 Å². The van der Waals surface area contributed by atoms with Gasteiger partial charge in [0.15, 0.2) is 0 Å². The molecule has 0 spiro atoms. The summed E-state index contributed by atoms with van der Waals surface area (Å²) in [6.07, 6.45) is 2.67. The first-order valence-corrected chi connectivity index (χ1v) is 8.93. The van der Waals surface area contributed by atoms with E-state index in [1.807, 2.05) is 66.4 Å². The molecule has 0 radical (unpaired) electrons. The molecule has 0 atom stereocenters. The number of benzene rings is 2. The maximum atomic E-state index is 13.3. The van der Waals surface area contributed by atoms with Crippen molar-refractivity contribution < 1.29 is 4.79 Å². The lowest BCUT2D eigenvalue weighted by atomic mass is 10.1. The smallest absolute Gasteiger partial charge is 0.274 e. The fraction of sp³-hybridized carbons (Fsp3) is 0.182. The van der Waals surface area contributed by atoms with Crippen LogP contribution in [0.15, 0.2) is 60.8 Å². The van der Waals surface area contributed by atoms with E-state index >= 15 is 0 Å². The first-order valence-electron chi connectivity index (χ1n) is 8.93. The monoisotopic (exact) mass is 343 g/mol. The highest BCUT2D eigenvalue weighted by atomic mass is 16.2. The molecule has 26 heavy (non-hydrogen) atoms. The Labute approximate surface area is 152 Å². The topological polar surface area (TPSA) is 49.0 Å². The van der Waals surface area contributed by atoms with Gasteiger partial charge in [-0.05, 0) is 37.1 Å². The zero-order chi connectivity index (χ0) is 18.1. The van der Waals surface area contributed by atoms with Crippen LogP contribution in [-0.2, 0) is 0 Å². The summed E-state index contributed by atoms with van der Waals surface area (Å²) >= 11 is 0. The average molecular weight is 343 g/mol. The first kappa shape index (κ1) is 16.3. The Kier molecular flexibility index (Phi) is 4.17. The average Bonchev–Trinajstić information content (AvgIpc) is 3.11. The van der Waals surface area contributed by atoms with Crippen molar-refractivity contribution in [3.63, 3.8) is 0 Å². The Bertz CT molecular complexity index is 1100. The number of nitrogens with one attached hydrogen (secondary N) is 1. The van der Waals surface area contributed by atoms with Gasteiger partial charge in [0.1, 0.15) is 5.69 Å². The Morgan fingerprint density at radius 3 is 2.69 bits per heavy atom. The molecule has 0 unspecified atom stereocenters. The van der Waals surface area contributed by atoms with Gasteiger partial charge in [-0.15, -0.1) is 0 Å². The number of hydrogen-bond acceptors (Lipinski definition) is 2. The van der Waals surface area contributed by atoms with Gasteiger partial charge in [-0.1, -0.05) is 43.3 Å². The second kappa shape index (κ2) is 6.64. The number of anilines is 1. The normalized spacial score (nSPS) is 11.2. The molecule has 0 saturated heterocycles. The van der Waals surface area contributed by atoms with E-state index in [2.05, 4.69) is 16.9 Å². The fourth-order valence-corrected chi connectivity index (χ4v) is 3.42. The van der Waals surface area contributed by atoms with Crippen molar-refractivity contribution in [2.45, 2.75) is 20.3 Å². The quantitative estimate of drug-likeness (QED) is 0.561. The van der Waals surface area contributed by atoms with Crippen molar-refractivity contribution in [1.82, 2.24) is 9.97 Å². The molecule has 4 aromatic rings. The third kappa shape index (κ3) is 2.73. The van der Waals surface area contributed by atoms with Gasteiger partial charge in [0.25, 0.3) is 5.91 Å². The predicted octanol–water partition coefficient (Wildman–Crippen LogP) is 5.08. The SMILES string of the molecule is CCCN(C(=O)c1cc2ccc3cccnc3c2[nH]1)c1ccccc1C. The third-order valence-corrected chi connectivity index (χ3v) is 4.70. The molecule has 130 valence electrons. The molecule has 1 N–H and O–H groups in total. The molecule has 4 rings (SSSR count). The Morgan fingerprint density at radius 2 is 1.88 bits per heavy atom. The van der Waals surface area contributed by atoms with Crippen LogP contribution in [0.3, 0.4) is 0 Å². The summed E-state index contributed by atoms with van der Waals surface area (Å²) in [6, 6.07) is 18.0. The van der Waals surface area contributed by atoms with E-state index in [0.29, 0.717) is 12.2 Å². The number of carbonyl (C=O) groups excluding carboxylic acids is 1. The molecule has 4 heteroatoms. The van der Waals surface area contributed by atoms with Crippen LogP contribution in [-0.4, -0.2) is 22.4 Å². The molecule has 2 heterocycles. The van der Waals surface area contributed by atoms with Crippen LogP contribution < -0.4 is 4.90 Å². The van der Waals surface area contributed by atoms with Gasteiger partial charge >= 0.3 is 0 Å². The second-order valence-electron chi connectivity index (χ2n) is 6.53. The molecule has 0 aliphatic carbocycles. The fourth-order valence-electron chi connectivity index (χ4n) is 3.42. The molecule has 0 aliphatic heterocycles. The molecule has 2 aromatic heterocycles. The number of hydrogen-bond donors (Lipinski definition) is 1. The van der Waals surface area contributed by atoms with Crippen LogP contribution in [0.2, 0.25) is 0 Å².